The molecular formula is C45H27F6N3S3. The molecule has 0 atom stereocenters. The fraction of sp³-hybridized carbons (Fsp3) is 0.0667. The van der Waals surface area contributed by atoms with Crippen LogP contribution in [0.5, 0.6) is 0 Å². The predicted octanol–water partition coefficient (Wildman–Crippen LogP) is 15.8. The molecule has 0 unspecified atom stereocenters. The van der Waals surface area contributed by atoms with Crippen LogP contribution < -0.4 is 14.7 Å². The minimum atomic E-state index is -5.29. The number of hydrogen-bond acceptors (Lipinski definition) is 6. The van der Waals surface area contributed by atoms with E-state index in [-0.39, 0.29) is 28.3 Å². The Balaban J connectivity index is 1.45. The molecular weight excluding hydrogens is 793 g/mol. The van der Waals surface area contributed by atoms with Gasteiger partial charge in [0.05, 0.1) is 51.2 Å². The summed E-state index contributed by atoms with van der Waals surface area (Å²) in [6, 6.07) is 41.7. The van der Waals surface area contributed by atoms with Gasteiger partial charge in [0.2, 0.25) is 0 Å². The minimum absolute atomic E-state index is 0.181. The van der Waals surface area contributed by atoms with Gasteiger partial charge in [-0.2, -0.15) is 26.3 Å². The lowest BCUT2D eigenvalue weighted by Crippen LogP contribution is -2.30. The number of hydrogen-bond donors (Lipinski definition) is 0. The van der Waals surface area contributed by atoms with E-state index in [0.29, 0.717) is 52.1 Å². The average Bonchev–Trinajstić information content (AvgIpc) is 3.20. The van der Waals surface area contributed by atoms with Gasteiger partial charge in [-0.05, 0) is 85.3 Å². The first-order chi connectivity index (χ1) is 27.5. The zero-order valence-corrected chi connectivity index (χ0v) is 32.1. The Morgan fingerprint density at radius 2 is 0.544 bits per heavy atom. The number of fused-ring (bicyclic) bond motifs is 6. The van der Waals surface area contributed by atoms with Crippen LogP contribution in [0.15, 0.2) is 175 Å². The zero-order chi connectivity index (χ0) is 39.2. The third-order valence-electron chi connectivity index (χ3n) is 10.2. The summed E-state index contributed by atoms with van der Waals surface area (Å²) in [5, 5.41) is 0. The van der Waals surface area contributed by atoms with Gasteiger partial charge in [0.25, 0.3) is 0 Å². The van der Waals surface area contributed by atoms with Crippen molar-refractivity contribution in [1.82, 2.24) is 0 Å². The van der Waals surface area contributed by atoms with E-state index in [1.54, 1.807) is 121 Å². The van der Waals surface area contributed by atoms with Crippen LogP contribution in [0.4, 0.5) is 77.5 Å². The molecule has 0 amide bonds. The molecule has 282 valence electrons. The summed E-state index contributed by atoms with van der Waals surface area (Å²) in [5.41, 5.74) is -2.60. The summed E-state index contributed by atoms with van der Waals surface area (Å²) in [7, 11) is 0. The van der Waals surface area contributed by atoms with E-state index in [4.69, 9.17) is 0 Å². The van der Waals surface area contributed by atoms with Gasteiger partial charge in [-0.25, -0.2) is 0 Å². The topological polar surface area (TPSA) is 9.72 Å². The Labute approximate surface area is 336 Å². The molecule has 10 rings (SSSR count). The van der Waals surface area contributed by atoms with Crippen molar-refractivity contribution in [3.05, 3.63) is 162 Å². The summed E-state index contributed by atoms with van der Waals surface area (Å²) in [4.78, 5) is 7.94. The third kappa shape index (κ3) is 5.71. The molecule has 0 spiro atoms. The van der Waals surface area contributed by atoms with E-state index in [2.05, 4.69) is 0 Å². The maximum absolute atomic E-state index is 16.7. The maximum Gasteiger partial charge on any atom is 0.420 e. The number of alkyl halides is 6. The van der Waals surface area contributed by atoms with Crippen LogP contribution in [-0.4, -0.2) is 0 Å². The predicted molar refractivity (Wildman–Crippen MR) is 218 cm³/mol. The second kappa shape index (κ2) is 13.3. The van der Waals surface area contributed by atoms with Gasteiger partial charge >= 0.3 is 12.4 Å². The van der Waals surface area contributed by atoms with Crippen LogP contribution in [0.25, 0.3) is 0 Å². The van der Waals surface area contributed by atoms with Crippen molar-refractivity contribution in [3.8, 4) is 0 Å². The van der Waals surface area contributed by atoms with E-state index in [9.17, 15) is 0 Å². The van der Waals surface area contributed by atoms with Crippen molar-refractivity contribution in [3.63, 3.8) is 0 Å². The van der Waals surface area contributed by atoms with Crippen LogP contribution in [0.2, 0.25) is 0 Å². The highest BCUT2D eigenvalue weighted by Crippen LogP contribution is 2.65. The first-order valence-electron chi connectivity index (χ1n) is 17.8. The molecule has 0 radical (unpaired) electrons. The van der Waals surface area contributed by atoms with Crippen molar-refractivity contribution in [2.45, 2.75) is 48.6 Å². The molecule has 12 heteroatoms. The number of anilines is 9. The fourth-order valence-corrected chi connectivity index (χ4v) is 11.2. The quantitative estimate of drug-likeness (QED) is 0.163. The van der Waals surface area contributed by atoms with E-state index in [1.807, 2.05) is 24.3 Å². The monoisotopic (exact) mass is 819 g/mol. The summed E-state index contributed by atoms with van der Waals surface area (Å²) in [5.74, 6) is 0. The lowest BCUT2D eigenvalue weighted by Gasteiger charge is -2.43. The smallest absolute Gasteiger partial charge is 0.307 e. The highest BCUT2D eigenvalue weighted by atomic mass is 32.2. The molecule has 3 nitrogen and oxygen atoms in total. The molecule has 0 aromatic heterocycles. The molecule has 3 aliphatic rings. The van der Waals surface area contributed by atoms with Crippen molar-refractivity contribution >= 4 is 86.5 Å². The van der Waals surface area contributed by atoms with Crippen molar-refractivity contribution < 1.29 is 26.3 Å². The molecule has 0 saturated heterocycles. The average molecular weight is 820 g/mol. The van der Waals surface area contributed by atoms with E-state index in [1.165, 1.54) is 56.9 Å². The number of halogens is 6. The summed E-state index contributed by atoms with van der Waals surface area (Å²) >= 11 is 4.12. The Morgan fingerprint density at radius 3 is 0.772 bits per heavy atom. The zero-order valence-electron chi connectivity index (χ0n) is 29.7. The van der Waals surface area contributed by atoms with Crippen LogP contribution in [0.3, 0.4) is 0 Å². The summed E-state index contributed by atoms with van der Waals surface area (Å²) in [6.45, 7) is 1.40. The summed E-state index contributed by atoms with van der Waals surface area (Å²) < 4.78 is 100. The van der Waals surface area contributed by atoms with Crippen molar-refractivity contribution in [2.24, 2.45) is 0 Å². The van der Waals surface area contributed by atoms with E-state index < -0.39 is 29.2 Å². The first kappa shape index (κ1) is 35.9. The van der Waals surface area contributed by atoms with Crippen LogP contribution in [0.1, 0.15) is 16.7 Å². The fourth-order valence-electron chi connectivity index (χ4n) is 7.99. The molecule has 0 bridgehead atoms. The van der Waals surface area contributed by atoms with Crippen LogP contribution >= 0.6 is 35.3 Å². The highest BCUT2D eigenvalue weighted by Gasteiger charge is 2.52. The molecule has 0 aliphatic carbocycles. The molecule has 0 fully saturated rings. The number of nitrogens with zero attached hydrogens (tertiary/aromatic N) is 3. The van der Waals surface area contributed by atoms with E-state index >= 15 is 26.3 Å². The maximum atomic E-state index is 16.7. The van der Waals surface area contributed by atoms with Gasteiger partial charge in [-0.1, -0.05) is 108 Å². The SMILES string of the molecule is Cc1c(N2c3ccccc3Sc3ccccc32)c(C(F)(F)F)c(N2c3ccccc3Sc3ccccc32)c(C(F)(F)F)c1N1c2ccccc2Sc2ccccc21. The van der Waals surface area contributed by atoms with Crippen LogP contribution in [0, 0.1) is 6.92 Å². The largest absolute Gasteiger partial charge is 0.420 e. The van der Waals surface area contributed by atoms with Crippen LogP contribution in [-0.2, 0) is 12.4 Å². The third-order valence-corrected chi connectivity index (χ3v) is 13.6. The van der Waals surface area contributed by atoms with Gasteiger partial charge < -0.3 is 14.7 Å². The Bertz CT molecular complexity index is 2490. The Morgan fingerprint density at radius 1 is 0.333 bits per heavy atom. The first-order valence-corrected chi connectivity index (χ1v) is 20.3. The Hall–Kier alpha value is -5.43. The van der Waals surface area contributed by atoms with Gasteiger partial charge in [-0.15, -0.1) is 0 Å². The molecule has 0 saturated carbocycles. The molecule has 7 aromatic carbocycles. The number of benzene rings is 7. The second-order valence-electron chi connectivity index (χ2n) is 13.5. The van der Waals surface area contributed by atoms with Gasteiger partial charge in [0.15, 0.2) is 0 Å². The molecule has 57 heavy (non-hydrogen) atoms. The van der Waals surface area contributed by atoms with Crippen molar-refractivity contribution in [2.75, 3.05) is 14.7 Å². The number of para-hydroxylation sites is 6. The molecule has 3 heterocycles. The standard InChI is InChI=1S/C45H27F6N3S3/c1-26-41(52-27-14-2-8-20-33(27)55-34-21-9-3-15-28(34)52)39(44(46,47)48)43(54-31-18-6-12-24-37(31)57-38-25-13-7-19-32(38)54)40(45(49,50)51)42(26)53-29-16-4-10-22-35(29)56-36-23-11-5-17-30(36)53/h2-25H,1H3. The minimum Gasteiger partial charge on any atom is -0.307 e. The number of rotatable bonds is 3. The lowest BCUT2D eigenvalue weighted by molar-refractivity contribution is -0.141. The summed E-state index contributed by atoms with van der Waals surface area (Å²) in [6.07, 6.45) is -10.6. The van der Waals surface area contributed by atoms with Gasteiger partial charge in [-0.3, -0.25) is 0 Å². The Kier molecular flexibility index (Phi) is 8.40. The molecule has 7 aromatic rings. The van der Waals surface area contributed by atoms with E-state index in [0.717, 1.165) is 0 Å². The van der Waals surface area contributed by atoms with Crippen molar-refractivity contribution in [1.29, 1.82) is 0 Å². The normalized spacial score (nSPS) is 14.3. The lowest BCUT2D eigenvalue weighted by atomic mass is 9.91. The molecule has 0 N–H and O–H groups in total. The highest BCUT2D eigenvalue weighted by molar-refractivity contribution is 8.00. The van der Waals surface area contributed by atoms with Gasteiger partial charge in [0.1, 0.15) is 11.1 Å². The second-order valence-corrected chi connectivity index (χ2v) is 16.8. The van der Waals surface area contributed by atoms with Gasteiger partial charge in [0, 0.05) is 29.4 Å². The molecule has 3 aliphatic heterocycles.